The van der Waals surface area contributed by atoms with Crippen LogP contribution in [0.4, 0.5) is 0 Å². The monoisotopic (exact) mass is 753 g/mol. The predicted molar refractivity (Wildman–Crippen MR) is 245 cm³/mol. The van der Waals surface area contributed by atoms with E-state index >= 15 is 0 Å². The fourth-order valence-corrected chi connectivity index (χ4v) is 10.2. The number of imidazole rings is 1. The molecule has 0 aliphatic heterocycles. The summed E-state index contributed by atoms with van der Waals surface area (Å²) in [5.41, 5.74) is 13.1. The van der Waals surface area contributed by atoms with Crippen LogP contribution in [0.2, 0.25) is 0 Å². The van der Waals surface area contributed by atoms with Crippen molar-refractivity contribution in [2.75, 3.05) is 0 Å². The van der Waals surface area contributed by atoms with Crippen LogP contribution < -0.4 is 0 Å². The van der Waals surface area contributed by atoms with E-state index in [1.807, 2.05) is 35.6 Å². The van der Waals surface area contributed by atoms with E-state index in [2.05, 4.69) is 174 Å². The molecular formula is C54H31N3S. The van der Waals surface area contributed by atoms with Gasteiger partial charge in [-0.25, -0.2) is 4.98 Å². The number of hydrogen-bond acceptors (Lipinski definition) is 3. The molecule has 268 valence electrons. The van der Waals surface area contributed by atoms with Crippen LogP contribution in [-0.2, 0) is 0 Å². The van der Waals surface area contributed by atoms with Crippen molar-refractivity contribution in [3.8, 4) is 50.7 Å². The van der Waals surface area contributed by atoms with Crippen molar-refractivity contribution in [2.45, 2.75) is 0 Å². The van der Waals surface area contributed by atoms with Crippen molar-refractivity contribution >= 4 is 80.5 Å². The standard InChI is InChI=1S/C54H31N3S/c55-32-33-13-15-34(16-14-33)35-17-19-37(20-18-35)41-27-28-42(44-10-4-3-9-43(41)44)38-21-23-39(24-22-38)50-31-48-46-11-5-6-12-51(46)58-53(48)54-56-52-47-26-25-36-7-1-2-8-40(36)45(47)29-30-49(52)57(50)54/h1-31H. The Hall–Kier alpha value is -7.58. The van der Waals surface area contributed by atoms with Crippen LogP contribution in [0.15, 0.2) is 188 Å². The van der Waals surface area contributed by atoms with Crippen LogP contribution in [0.3, 0.4) is 0 Å². The molecule has 0 amide bonds. The van der Waals surface area contributed by atoms with Crippen molar-refractivity contribution in [1.82, 2.24) is 9.38 Å². The molecule has 0 N–H and O–H groups in total. The van der Waals surface area contributed by atoms with E-state index in [0.717, 1.165) is 39.1 Å². The molecule has 0 atom stereocenters. The van der Waals surface area contributed by atoms with E-state index in [4.69, 9.17) is 4.98 Å². The lowest BCUT2D eigenvalue weighted by atomic mass is 9.91. The minimum absolute atomic E-state index is 0.669. The number of thiophene rings is 1. The van der Waals surface area contributed by atoms with Crippen LogP contribution in [-0.4, -0.2) is 9.38 Å². The summed E-state index contributed by atoms with van der Waals surface area (Å²) in [7, 11) is 0. The number of fused-ring (bicyclic) bond motifs is 12. The van der Waals surface area contributed by atoms with Gasteiger partial charge in [-0.15, -0.1) is 11.3 Å². The third kappa shape index (κ3) is 4.94. The fourth-order valence-electron chi connectivity index (χ4n) is 9.02. The number of hydrogen-bond donors (Lipinski definition) is 0. The highest BCUT2D eigenvalue weighted by Gasteiger charge is 2.20. The maximum atomic E-state index is 9.21. The molecule has 0 unspecified atom stereocenters. The molecule has 3 heterocycles. The Morgan fingerprint density at radius 2 is 1.02 bits per heavy atom. The van der Waals surface area contributed by atoms with Crippen molar-refractivity contribution in [3.05, 3.63) is 194 Å². The van der Waals surface area contributed by atoms with Gasteiger partial charge in [0.05, 0.1) is 33.1 Å². The van der Waals surface area contributed by atoms with Gasteiger partial charge < -0.3 is 0 Å². The molecule has 9 aromatic carbocycles. The Kier molecular flexibility index (Phi) is 7.16. The average Bonchev–Trinajstić information content (AvgIpc) is 3.88. The number of benzene rings is 9. The van der Waals surface area contributed by atoms with Crippen molar-refractivity contribution in [1.29, 1.82) is 5.26 Å². The zero-order valence-electron chi connectivity index (χ0n) is 31.1. The molecule has 0 radical (unpaired) electrons. The van der Waals surface area contributed by atoms with Gasteiger partial charge in [-0.05, 0) is 96.2 Å². The molecule has 4 heteroatoms. The molecule has 0 aliphatic carbocycles. The lowest BCUT2D eigenvalue weighted by Gasteiger charge is -2.14. The highest BCUT2D eigenvalue weighted by Crippen LogP contribution is 2.43. The zero-order chi connectivity index (χ0) is 38.3. The average molecular weight is 754 g/mol. The first-order valence-corrected chi connectivity index (χ1v) is 20.3. The van der Waals surface area contributed by atoms with Crippen molar-refractivity contribution in [2.24, 2.45) is 0 Å². The summed E-state index contributed by atoms with van der Waals surface area (Å²) in [5, 5.41) is 19.0. The summed E-state index contributed by atoms with van der Waals surface area (Å²) in [5.74, 6) is 0. The molecule has 3 aromatic heterocycles. The van der Waals surface area contributed by atoms with Crippen LogP contribution in [0, 0.1) is 11.3 Å². The Bertz CT molecular complexity index is 3660. The first kappa shape index (κ1) is 32.6. The molecular weight excluding hydrogens is 723 g/mol. The van der Waals surface area contributed by atoms with E-state index in [-0.39, 0.29) is 0 Å². The Morgan fingerprint density at radius 1 is 0.448 bits per heavy atom. The summed E-state index contributed by atoms with van der Waals surface area (Å²) in [6.07, 6.45) is 0. The van der Waals surface area contributed by atoms with Crippen LogP contribution in [0.25, 0.3) is 114 Å². The third-order valence-corrected chi connectivity index (χ3v) is 13.0. The molecule has 0 saturated heterocycles. The summed E-state index contributed by atoms with van der Waals surface area (Å²) in [6.45, 7) is 0. The summed E-state index contributed by atoms with van der Waals surface area (Å²) < 4.78 is 4.86. The first-order valence-electron chi connectivity index (χ1n) is 19.5. The van der Waals surface area contributed by atoms with Gasteiger partial charge in [0.1, 0.15) is 0 Å². The molecule has 0 fully saturated rings. The van der Waals surface area contributed by atoms with E-state index in [1.54, 1.807) is 0 Å². The lowest BCUT2D eigenvalue weighted by molar-refractivity contribution is 1.25. The second-order valence-electron chi connectivity index (χ2n) is 15.0. The van der Waals surface area contributed by atoms with Gasteiger partial charge in [-0.3, -0.25) is 4.40 Å². The summed E-state index contributed by atoms with van der Waals surface area (Å²) >= 11 is 1.83. The third-order valence-electron chi connectivity index (χ3n) is 11.9. The summed E-state index contributed by atoms with van der Waals surface area (Å²) in [4.78, 5) is 5.48. The maximum absolute atomic E-state index is 9.21. The van der Waals surface area contributed by atoms with Crippen molar-refractivity contribution in [3.63, 3.8) is 0 Å². The number of nitrogens with zero attached hydrogens (tertiary/aromatic N) is 3. The van der Waals surface area contributed by atoms with Gasteiger partial charge in [-0.2, -0.15) is 5.26 Å². The highest BCUT2D eigenvalue weighted by molar-refractivity contribution is 7.26. The zero-order valence-corrected chi connectivity index (χ0v) is 32.0. The largest absolute Gasteiger partial charge is 0.291 e. The second-order valence-corrected chi connectivity index (χ2v) is 16.1. The van der Waals surface area contributed by atoms with Gasteiger partial charge in [0.25, 0.3) is 0 Å². The van der Waals surface area contributed by atoms with Crippen LogP contribution >= 0.6 is 11.3 Å². The van der Waals surface area contributed by atoms with E-state index in [0.29, 0.717) is 5.56 Å². The minimum Gasteiger partial charge on any atom is -0.291 e. The van der Waals surface area contributed by atoms with E-state index in [1.165, 1.54) is 74.7 Å². The smallest absolute Gasteiger partial charge is 0.156 e. The number of aromatic nitrogens is 2. The fraction of sp³-hybridized carbons (Fsp3) is 0. The lowest BCUT2D eigenvalue weighted by Crippen LogP contribution is -1.93. The van der Waals surface area contributed by atoms with E-state index in [9.17, 15) is 5.26 Å². The molecule has 3 nitrogen and oxygen atoms in total. The quantitative estimate of drug-likeness (QED) is 0.168. The summed E-state index contributed by atoms with van der Waals surface area (Å²) in [6, 6.07) is 69.7. The Morgan fingerprint density at radius 3 is 1.71 bits per heavy atom. The second kappa shape index (κ2) is 12.7. The molecule has 0 spiro atoms. The molecule has 0 aliphatic rings. The predicted octanol–water partition coefficient (Wildman–Crippen LogP) is 14.9. The molecule has 12 rings (SSSR count). The van der Waals surface area contributed by atoms with Gasteiger partial charge >= 0.3 is 0 Å². The maximum Gasteiger partial charge on any atom is 0.156 e. The first-order chi connectivity index (χ1) is 28.7. The number of rotatable bonds is 4. The highest BCUT2D eigenvalue weighted by atomic mass is 32.1. The topological polar surface area (TPSA) is 41.1 Å². The number of pyridine rings is 1. The molecule has 0 bridgehead atoms. The Balaban J connectivity index is 0.989. The molecule has 58 heavy (non-hydrogen) atoms. The molecule has 12 aromatic rings. The molecule has 0 saturated carbocycles. The minimum atomic E-state index is 0.669. The van der Waals surface area contributed by atoms with Gasteiger partial charge in [0.2, 0.25) is 0 Å². The van der Waals surface area contributed by atoms with Crippen LogP contribution in [0.5, 0.6) is 0 Å². The van der Waals surface area contributed by atoms with E-state index < -0.39 is 0 Å². The van der Waals surface area contributed by atoms with Crippen LogP contribution in [0.1, 0.15) is 5.56 Å². The number of nitriles is 1. The Labute approximate surface area is 337 Å². The normalized spacial score (nSPS) is 11.8. The van der Waals surface area contributed by atoms with Gasteiger partial charge in [0, 0.05) is 20.9 Å². The van der Waals surface area contributed by atoms with Gasteiger partial charge in [-0.1, -0.05) is 158 Å². The van der Waals surface area contributed by atoms with Crippen molar-refractivity contribution < 1.29 is 0 Å². The van der Waals surface area contributed by atoms with Gasteiger partial charge in [0.15, 0.2) is 5.65 Å². The SMILES string of the molecule is N#Cc1ccc(-c2ccc(-c3ccc(-c4ccc(-c5cc6c7ccccc7sc6c6nc7c8ccc9ccccc9c8ccc7n56)cc4)c4ccccc34)cc2)cc1.